The Morgan fingerprint density at radius 1 is 1.22 bits per heavy atom. The van der Waals surface area contributed by atoms with Crippen molar-refractivity contribution in [2.45, 2.75) is 13.0 Å². The fourth-order valence-corrected chi connectivity index (χ4v) is 3.09. The monoisotopic (exact) mass is 374 g/mol. The molecule has 1 aromatic carbocycles. The van der Waals surface area contributed by atoms with Gasteiger partial charge in [-0.2, -0.15) is 0 Å². The number of anilines is 1. The van der Waals surface area contributed by atoms with Crippen molar-refractivity contribution in [3.63, 3.8) is 0 Å². The van der Waals surface area contributed by atoms with E-state index in [-0.39, 0.29) is 18.2 Å². The number of likely N-dealkylation sites (tertiary alicyclic amines) is 1. The number of hydrogen-bond donors (Lipinski definition) is 1. The Kier molecular flexibility index (Phi) is 5.54. The molecule has 27 heavy (non-hydrogen) atoms. The number of methoxy groups -OCH3 is 3. The number of carbonyl (C=O) groups excluding carboxylic acids is 2. The van der Waals surface area contributed by atoms with Gasteiger partial charge in [0.25, 0.3) is 0 Å². The first-order valence-corrected chi connectivity index (χ1v) is 8.46. The van der Waals surface area contributed by atoms with E-state index < -0.39 is 5.92 Å². The number of amides is 2. The van der Waals surface area contributed by atoms with E-state index in [0.29, 0.717) is 41.8 Å². The summed E-state index contributed by atoms with van der Waals surface area (Å²) in [4.78, 5) is 26.5. The minimum Gasteiger partial charge on any atom is -0.493 e. The highest BCUT2D eigenvalue weighted by Crippen LogP contribution is 2.40. The first-order chi connectivity index (χ1) is 13.0. The number of carbonyl (C=O) groups is 2. The van der Waals surface area contributed by atoms with Gasteiger partial charge in [0.2, 0.25) is 17.6 Å². The molecule has 1 aliphatic rings. The molecule has 3 rings (SSSR count). The maximum absolute atomic E-state index is 12.6. The Morgan fingerprint density at radius 3 is 2.48 bits per heavy atom. The number of rotatable bonds is 7. The molecule has 2 aromatic rings. The largest absolute Gasteiger partial charge is 0.493 e. The van der Waals surface area contributed by atoms with Gasteiger partial charge in [-0.1, -0.05) is 0 Å². The number of hydrogen-bond acceptors (Lipinski definition) is 6. The van der Waals surface area contributed by atoms with Crippen LogP contribution in [0.1, 0.15) is 12.2 Å². The minimum absolute atomic E-state index is 0.0727. The van der Waals surface area contributed by atoms with Gasteiger partial charge in [-0.15, -0.1) is 0 Å². The Labute approximate surface area is 157 Å². The molecule has 0 saturated carbocycles. The second-order valence-corrected chi connectivity index (χ2v) is 6.16. The average molecular weight is 374 g/mol. The van der Waals surface area contributed by atoms with Crippen LogP contribution in [0.5, 0.6) is 17.2 Å². The number of benzene rings is 1. The fraction of sp³-hybridized carbons (Fsp3) is 0.368. The number of nitrogens with one attached hydrogen (secondary N) is 1. The molecule has 8 nitrogen and oxygen atoms in total. The zero-order chi connectivity index (χ0) is 19.4. The quantitative estimate of drug-likeness (QED) is 0.800. The molecule has 1 atom stereocenters. The molecule has 0 unspecified atom stereocenters. The van der Waals surface area contributed by atoms with Gasteiger partial charge >= 0.3 is 0 Å². The molecule has 8 heteroatoms. The summed E-state index contributed by atoms with van der Waals surface area (Å²) in [6.45, 7) is 0.704. The van der Waals surface area contributed by atoms with Gasteiger partial charge in [0.1, 0.15) is 5.76 Å². The normalized spacial score (nSPS) is 16.3. The van der Waals surface area contributed by atoms with E-state index in [4.69, 9.17) is 18.6 Å². The van der Waals surface area contributed by atoms with Gasteiger partial charge in [0, 0.05) is 30.8 Å². The van der Waals surface area contributed by atoms with Crippen LogP contribution in [-0.2, 0) is 16.1 Å². The third-order valence-electron chi connectivity index (χ3n) is 4.44. The van der Waals surface area contributed by atoms with Crippen LogP contribution in [0.2, 0.25) is 0 Å². The van der Waals surface area contributed by atoms with Gasteiger partial charge in [-0.3, -0.25) is 9.59 Å². The highest BCUT2D eigenvalue weighted by atomic mass is 16.5. The van der Waals surface area contributed by atoms with Gasteiger partial charge in [0.05, 0.1) is 40.1 Å². The Balaban J connectivity index is 1.69. The third kappa shape index (κ3) is 3.99. The molecule has 0 radical (unpaired) electrons. The van der Waals surface area contributed by atoms with Crippen molar-refractivity contribution >= 4 is 17.5 Å². The lowest BCUT2D eigenvalue weighted by Gasteiger charge is -2.17. The third-order valence-corrected chi connectivity index (χ3v) is 4.44. The van der Waals surface area contributed by atoms with E-state index >= 15 is 0 Å². The molecule has 0 bridgehead atoms. The number of ether oxygens (including phenoxy) is 3. The maximum atomic E-state index is 12.6. The molecule has 1 N–H and O–H groups in total. The van der Waals surface area contributed by atoms with Gasteiger partial charge in [-0.25, -0.2) is 0 Å². The van der Waals surface area contributed by atoms with Crippen LogP contribution in [0.4, 0.5) is 5.69 Å². The van der Waals surface area contributed by atoms with E-state index in [0.717, 1.165) is 0 Å². The summed E-state index contributed by atoms with van der Waals surface area (Å²) in [6, 6.07) is 6.87. The molecule has 0 spiro atoms. The molecule has 0 aliphatic carbocycles. The molecule has 1 saturated heterocycles. The molecule has 2 amide bonds. The lowest BCUT2D eigenvalue weighted by atomic mass is 10.1. The van der Waals surface area contributed by atoms with Crippen LogP contribution in [0, 0.1) is 5.92 Å². The number of nitrogens with zero attached hydrogens (tertiary/aromatic N) is 1. The van der Waals surface area contributed by atoms with E-state index in [2.05, 4.69) is 5.32 Å². The topological polar surface area (TPSA) is 90.2 Å². The lowest BCUT2D eigenvalue weighted by molar-refractivity contribution is -0.128. The van der Waals surface area contributed by atoms with Crippen molar-refractivity contribution in [2.24, 2.45) is 5.92 Å². The summed E-state index contributed by atoms with van der Waals surface area (Å²) in [6.07, 6.45) is 1.72. The van der Waals surface area contributed by atoms with Crippen LogP contribution in [0.25, 0.3) is 0 Å². The molecular formula is C19H22N2O6. The van der Waals surface area contributed by atoms with E-state index in [1.165, 1.54) is 21.3 Å². The molecule has 1 aliphatic heterocycles. The van der Waals surface area contributed by atoms with Crippen LogP contribution in [-0.4, -0.2) is 44.6 Å². The molecule has 1 aromatic heterocycles. The van der Waals surface area contributed by atoms with Crippen LogP contribution in [0.15, 0.2) is 34.9 Å². The first-order valence-electron chi connectivity index (χ1n) is 8.46. The Bertz CT molecular complexity index is 793. The number of furan rings is 1. The smallest absolute Gasteiger partial charge is 0.229 e. The predicted molar refractivity (Wildman–Crippen MR) is 97.0 cm³/mol. The summed E-state index contributed by atoms with van der Waals surface area (Å²) < 4.78 is 21.1. The average Bonchev–Trinajstić information content (AvgIpc) is 3.31. The lowest BCUT2D eigenvalue weighted by Crippen LogP contribution is -2.27. The zero-order valence-corrected chi connectivity index (χ0v) is 15.5. The van der Waals surface area contributed by atoms with Gasteiger partial charge < -0.3 is 28.8 Å². The molecule has 2 heterocycles. The zero-order valence-electron chi connectivity index (χ0n) is 15.5. The first kappa shape index (κ1) is 18.6. The van der Waals surface area contributed by atoms with E-state index in [1.807, 2.05) is 0 Å². The van der Waals surface area contributed by atoms with Crippen molar-refractivity contribution in [3.05, 3.63) is 36.3 Å². The predicted octanol–water partition coefficient (Wildman–Crippen LogP) is 2.29. The van der Waals surface area contributed by atoms with Crippen molar-refractivity contribution in [1.29, 1.82) is 0 Å². The molecule has 1 fully saturated rings. The SMILES string of the molecule is COc1cc(NC(=O)[C@H]2CC(=O)N(Cc3ccco3)C2)cc(OC)c1OC. The van der Waals surface area contributed by atoms with Crippen molar-refractivity contribution in [1.82, 2.24) is 4.90 Å². The van der Waals surface area contributed by atoms with Crippen molar-refractivity contribution in [3.8, 4) is 17.2 Å². The standard InChI is InChI=1S/C19H22N2O6/c1-24-15-8-13(9-16(25-2)18(15)26-3)20-19(23)12-7-17(22)21(10-12)11-14-5-4-6-27-14/h4-6,8-9,12H,7,10-11H2,1-3H3,(H,20,23)/t12-/m0/s1. The van der Waals surface area contributed by atoms with Crippen LogP contribution in [0.3, 0.4) is 0 Å². The summed E-state index contributed by atoms with van der Waals surface area (Å²) >= 11 is 0. The summed E-state index contributed by atoms with van der Waals surface area (Å²) in [5, 5.41) is 2.83. The maximum Gasteiger partial charge on any atom is 0.229 e. The van der Waals surface area contributed by atoms with Crippen LogP contribution < -0.4 is 19.5 Å². The van der Waals surface area contributed by atoms with Crippen LogP contribution >= 0.6 is 0 Å². The Hall–Kier alpha value is -3.16. The van der Waals surface area contributed by atoms with E-state index in [9.17, 15) is 9.59 Å². The molecular weight excluding hydrogens is 352 g/mol. The second kappa shape index (κ2) is 8.03. The van der Waals surface area contributed by atoms with Gasteiger partial charge in [-0.05, 0) is 12.1 Å². The highest BCUT2D eigenvalue weighted by molar-refractivity contribution is 5.97. The second-order valence-electron chi connectivity index (χ2n) is 6.16. The minimum atomic E-state index is -0.438. The molecule has 144 valence electrons. The Morgan fingerprint density at radius 2 is 1.93 bits per heavy atom. The van der Waals surface area contributed by atoms with E-state index in [1.54, 1.807) is 35.4 Å². The summed E-state index contributed by atoms with van der Waals surface area (Å²) in [5.74, 6) is 1.26. The summed E-state index contributed by atoms with van der Waals surface area (Å²) in [7, 11) is 4.52. The van der Waals surface area contributed by atoms with Gasteiger partial charge in [0.15, 0.2) is 11.5 Å². The summed E-state index contributed by atoms with van der Waals surface area (Å²) in [5.41, 5.74) is 0.506. The van der Waals surface area contributed by atoms with Crippen molar-refractivity contribution in [2.75, 3.05) is 33.2 Å². The van der Waals surface area contributed by atoms with Crippen molar-refractivity contribution < 1.29 is 28.2 Å². The highest BCUT2D eigenvalue weighted by Gasteiger charge is 2.34. The fourth-order valence-electron chi connectivity index (χ4n) is 3.09.